The number of rotatable bonds is 2. The quantitative estimate of drug-likeness (QED) is 0.609. The van der Waals surface area contributed by atoms with Crippen LogP contribution in [0.4, 0.5) is 0 Å². The summed E-state index contributed by atoms with van der Waals surface area (Å²) in [6.07, 6.45) is 4.46. The summed E-state index contributed by atoms with van der Waals surface area (Å²) in [6, 6.07) is 2.28. The summed E-state index contributed by atoms with van der Waals surface area (Å²) >= 11 is 4.22. The third-order valence-corrected chi connectivity index (χ3v) is 6.11. The van der Waals surface area contributed by atoms with Crippen molar-refractivity contribution in [2.75, 3.05) is 7.05 Å². The molecule has 1 fully saturated rings. The second-order valence-electron chi connectivity index (χ2n) is 5.42. The lowest BCUT2D eigenvalue weighted by Crippen LogP contribution is -2.52. The Morgan fingerprint density at radius 3 is 2.90 bits per heavy atom. The maximum absolute atomic E-state index is 12.2. The van der Waals surface area contributed by atoms with Gasteiger partial charge in [-0.15, -0.1) is 11.3 Å². The predicted octanol–water partition coefficient (Wildman–Crippen LogP) is 2.47. The number of hydrogen-bond donors (Lipinski definition) is 1. The van der Waals surface area contributed by atoms with Crippen LogP contribution in [0.15, 0.2) is 6.07 Å². The van der Waals surface area contributed by atoms with Gasteiger partial charge in [-0.05, 0) is 59.9 Å². The average Bonchev–Trinajstić information content (AvgIpc) is 2.81. The number of hydrogen-bond acceptors (Lipinski definition) is 4. The average molecular weight is 404 g/mol. The van der Waals surface area contributed by atoms with Crippen LogP contribution in [0.25, 0.3) is 0 Å². The lowest BCUT2D eigenvalue weighted by molar-refractivity contribution is -0.148. The Kier molecular flexibility index (Phi) is 4.14. The van der Waals surface area contributed by atoms with E-state index < -0.39 is 0 Å². The van der Waals surface area contributed by atoms with Gasteiger partial charge in [-0.1, -0.05) is 0 Å². The van der Waals surface area contributed by atoms with Gasteiger partial charge in [0.05, 0.1) is 8.93 Å². The van der Waals surface area contributed by atoms with Crippen LogP contribution >= 0.6 is 33.9 Å². The number of carbonyl (C=O) groups excluding carboxylic acids is 2. The molecule has 6 heteroatoms. The van der Waals surface area contributed by atoms with Crippen molar-refractivity contribution in [1.29, 1.82) is 0 Å². The van der Waals surface area contributed by atoms with E-state index in [2.05, 4.69) is 34.0 Å². The number of thiophene rings is 1. The first kappa shape index (κ1) is 14.5. The SMILES string of the molecule is CN1C(=O)CCC(NC2CCCc3sc(I)cc32)C1=O. The number of aryl methyl sites for hydroxylation is 1. The van der Waals surface area contributed by atoms with Gasteiger partial charge in [0, 0.05) is 24.4 Å². The first-order valence-electron chi connectivity index (χ1n) is 6.91. The zero-order valence-electron chi connectivity index (χ0n) is 11.3. The van der Waals surface area contributed by atoms with E-state index in [-0.39, 0.29) is 23.9 Å². The Hall–Kier alpha value is -0.470. The fraction of sp³-hybridized carbons (Fsp3) is 0.571. The third-order valence-electron chi connectivity index (χ3n) is 4.14. The minimum atomic E-state index is -0.216. The number of piperidine rings is 1. The minimum Gasteiger partial charge on any atom is -0.299 e. The van der Waals surface area contributed by atoms with Crippen molar-refractivity contribution in [2.45, 2.75) is 44.2 Å². The molecule has 0 spiro atoms. The number of amides is 2. The van der Waals surface area contributed by atoms with Crippen LogP contribution in [0.3, 0.4) is 0 Å². The fourth-order valence-electron chi connectivity index (χ4n) is 3.01. The van der Waals surface area contributed by atoms with E-state index >= 15 is 0 Å². The molecule has 2 atom stereocenters. The molecule has 0 radical (unpaired) electrons. The summed E-state index contributed by atoms with van der Waals surface area (Å²) in [7, 11) is 1.58. The number of halogens is 1. The number of fused-ring (bicyclic) bond motifs is 1. The predicted molar refractivity (Wildman–Crippen MR) is 86.6 cm³/mol. The molecule has 2 heterocycles. The van der Waals surface area contributed by atoms with Gasteiger partial charge in [-0.3, -0.25) is 19.8 Å². The lowest BCUT2D eigenvalue weighted by atomic mass is 9.92. The third kappa shape index (κ3) is 2.65. The first-order chi connectivity index (χ1) is 9.56. The molecule has 1 aliphatic heterocycles. The normalized spacial score (nSPS) is 26.8. The second-order valence-corrected chi connectivity index (χ2v) is 8.45. The highest BCUT2D eigenvalue weighted by Gasteiger charge is 2.34. The van der Waals surface area contributed by atoms with Crippen molar-refractivity contribution >= 4 is 45.7 Å². The molecule has 108 valence electrons. The van der Waals surface area contributed by atoms with Gasteiger partial charge in [0.25, 0.3) is 0 Å². The summed E-state index contributed by atoms with van der Waals surface area (Å²) < 4.78 is 1.31. The van der Waals surface area contributed by atoms with Crippen molar-refractivity contribution in [1.82, 2.24) is 10.2 Å². The van der Waals surface area contributed by atoms with Gasteiger partial charge >= 0.3 is 0 Å². The molecule has 0 saturated carbocycles. The molecule has 1 saturated heterocycles. The first-order valence-corrected chi connectivity index (χ1v) is 8.80. The van der Waals surface area contributed by atoms with Gasteiger partial charge in [0.15, 0.2) is 0 Å². The molecule has 4 nitrogen and oxygen atoms in total. The monoisotopic (exact) mass is 404 g/mol. The Balaban J connectivity index is 1.76. The maximum Gasteiger partial charge on any atom is 0.246 e. The van der Waals surface area contributed by atoms with Gasteiger partial charge in [-0.2, -0.15) is 0 Å². The number of imide groups is 1. The number of nitrogens with one attached hydrogen (secondary N) is 1. The van der Waals surface area contributed by atoms with Crippen molar-refractivity contribution in [3.05, 3.63) is 19.4 Å². The Morgan fingerprint density at radius 1 is 1.30 bits per heavy atom. The highest BCUT2D eigenvalue weighted by Crippen LogP contribution is 2.36. The molecule has 1 aromatic heterocycles. The zero-order valence-corrected chi connectivity index (χ0v) is 14.3. The van der Waals surface area contributed by atoms with Crippen LogP contribution in [0.2, 0.25) is 0 Å². The molecule has 0 bridgehead atoms. The van der Waals surface area contributed by atoms with Crippen molar-refractivity contribution < 1.29 is 9.59 Å². The molecule has 1 N–H and O–H groups in total. The van der Waals surface area contributed by atoms with Crippen molar-refractivity contribution in [2.24, 2.45) is 0 Å². The number of likely N-dealkylation sites (N-methyl/N-ethyl adjacent to an activating group) is 1. The van der Waals surface area contributed by atoms with E-state index in [1.165, 1.54) is 18.2 Å². The molecule has 1 aromatic rings. The van der Waals surface area contributed by atoms with E-state index in [0.29, 0.717) is 12.8 Å². The van der Waals surface area contributed by atoms with Gasteiger partial charge in [-0.25, -0.2) is 0 Å². The summed E-state index contributed by atoms with van der Waals surface area (Å²) in [5.74, 6) is -0.152. The van der Waals surface area contributed by atoms with Crippen LogP contribution < -0.4 is 5.32 Å². The van der Waals surface area contributed by atoms with Crippen molar-refractivity contribution in [3.63, 3.8) is 0 Å². The van der Waals surface area contributed by atoms with E-state index in [4.69, 9.17) is 0 Å². The minimum absolute atomic E-state index is 0.0672. The summed E-state index contributed by atoms with van der Waals surface area (Å²) in [5.41, 5.74) is 1.36. The standard InChI is InChI=1S/C14H17IN2O2S/c1-17-13(18)6-5-10(14(17)19)16-9-3-2-4-11-8(9)7-12(15)20-11/h7,9-10,16H,2-6H2,1H3. The smallest absolute Gasteiger partial charge is 0.246 e. The van der Waals surface area contributed by atoms with Crippen molar-refractivity contribution in [3.8, 4) is 0 Å². The number of carbonyl (C=O) groups is 2. The number of nitrogens with zero attached hydrogens (tertiary/aromatic N) is 1. The van der Waals surface area contributed by atoms with Gasteiger partial charge in [0.2, 0.25) is 11.8 Å². The van der Waals surface area contributed by atoms with E-state index in [1.54, 1.807) is 7.05 Å². The molecule has 2 unspecified atom stereocenters. The molecule has 1 aliphatic carbocycles. The van der Waals surface area contributed by atoms with Crippen LogP contribution in [0.1, 0.15) is 42.2 Å². The molecule has 20 heavy (non-hydrogen) atoms. The van der Waals surface area contributed by atoms with E-state index in [1.807, 2.05) is 11.3 Å². The molecule has 2 amide bonds. The second kappa shape index (κ2) is 5.73. The Morgan fingerprint density at radius 2 is 2.10 bits per heavy atom. The Labute approximate surface area is 136 Å². The summed E-state index contributed by atoms with van der Waals surface area (Å²) in [6.45, 7) is 0. The molecule has 3 rings (SSSR count). The van der Waals surface area contributed by atoms with Crippen LogP contribution in [0, 0.1) is 2.88 Å². The molecular formula is C14H17IN2O2S. The highest BCUT2D eigenvalue weighted by atomic mass is 127. The molecule has 0 aromatic carbocycles. The van der Waals surface area contributed by atoms with E-state index in [0.717, 1.165) is 19.3 Å². The molecule has 2 aliphatic rings. The molecular weight excluding hydrogens is 387 g/mol. The van der Waals surface area contributed by atoms with Crippen LogP contribution in [0.5, 0.6) is 0 Å². The Bertz CT molecular complexity index is 557. The van der Waals surface area contributed by atoms with Crippen LogP contribution in [-0.4, -0.2) is 29.8 Å². The number of likely N-dealkylation sites (tertiary alicyclic amines) is 1. The van der Waals surface area contributed by atoms with E-state index in [9.17, 15) is 9.59 Å². The maximum atomic E-state index is 12.2. The topological polar surface area (TPSA) is 49.4 Å². The summed E-state index contributed by atoms with van der Waals surface area (Å²) in [5, 5.41) is 3.49. The van der Waals surface area contributed by atoms with Crippen LogP contribution in [-0.2, 0) is 16.0 Å². The lowest BCUT2D eigenvalue weighted by Gasteiger charge is -2.33. The zero-order chi connectivity index (χ0) is 14.3. The highest BCUT2D eigenvalue weighted by molar-refractivity contribution is 14.1. The van der Waals surface area contributed by atoms with Gasteiger partial charge < -0.3 is 0 Å². The summed E-state index contributed by atoms with van der Waals surface area (Å²) in [4.78, 5) is 26.4. The largest absolute Gasteiger partial charge is 0.299 e. The fourth-order valence-corrected chi connectivity index (χ4v) is 5.13. The van der Waals surface area contributed by atoms with Gasteiger partial charge in [0.1, 0.15) is 0 Å².